The van der Waals surface area contributed by atoms with Crippen LogP contribution >= 0.6 is 0 Å². The molecule has 2 amide bonds. The fraction of sp³-hybridized carbons (Fsp3) is 0.316. The number of benzene rings is 1. The van der Waals surface area contributed by atoms with Gasteiger partial charge in [0.25, 0.3) is 5.91 Å². The summed E-state index contributed by atoms with van der Waals surface area (Å²) in [5, 5.41) is 0. The third-order valence-corrected chi connectivity index (χ3v) is 4.91. The van der Waals surface area contributed by atoms with E-state index in [4.69, 9.17) is 0 Å². The quantitative estimate of drug-likeness (QED) is 0.776. The molecule has 0 unspecified atom stereocenters. The summed E-state index contributed by atoms with van der Waals surface area (Å²) >= 11 is 0. The van der Waals surface area contributed by atoms with Crippen molar-refractivity contribution in [3.05, 3.63) is 54.1 Å². The van der Waals surface area contributed by atoms with Crippen molar-refractivity contribution >= 4 is 22.8 Å². The lowest BCUT2D eigenvalue weighted by Gasteiger charge is -2.34. The number of piperazine rings is 1. The molecular weight excluding hydrogens is 330 g/mol. The van der Waals surface area contributed by atoms with Crippen LogP contribution in [0.4, 0.5) is 0 Å². The first-order valence-corrected chi connectivity index (χ1v) is 8.71. The molecule has 1 fully saturated rings. The summed E-state index contributed by atoms with van der Waals surface area (Å²) in [6, 6.07) is 7.72. The number of hydrogen-bond acceptors (Lipinski definition) is 3. The van der Waals surface area contributed by atoms with Gasteiger partial charge in [0.05, 0.1) is 29.3 Å². The van der Waals surface area contributed by atoms with Crippen LogP contribution in [0.25, 0.3) is 11.0 Å². The van der Waals surface area contributed by atoms with Crippen molar-refractivity contribution in [2.45, 2.75) is 6.42 Å². The Morgan fingerprint density at radius 1 is 1.12 bits per heavy atom. The van der Waals surface area contributed by atoms with Gasteiger partial charge in [0.1, 0.15) is 0 Å². The first kappa shape index (κ1) is 16.4. The maximum Gasteiger partial charge on any atom is 0.255 e. The molecular formula is C19H21N5O2. The molecule has 134 valence electrons. The Hall–Kier alpha value is -3.09. The number of rotatable bonds is 3. The van der Waals surface area contributed by atoms with Crippen molar-refractivity contribution in [2.24, 2.45) is 7.05 Å². The SMILES string of the molecule is Cn1cnc2cc(CC(=O)N3CCN(C(=O)c4cc[nH]c4)CC3)ccc21. The summed E-state index contributed by atoms with van der Waals surface area (Å²) in [7, 11) is 1.95. The highest BCUT2D eigenvalue weighted by atomic mass is 16.2. The number of imidazole rings is 1. The monoisotopic (exact) mass is 351 g/mol. The smallest absolute Gasteiger partial charge is 0.255 e. The molecule has 0 spiro atoms. The van der Waals surface area contributed by atoms with Crippen molar-refractivity contribution in [1.82, 2.24) is 24.3 Å². The van der Waals surface area contributed by atoms with E-state index in [0.717, 1.165) is 16.6 Å². The van der Waals surface area contributed by atoms with Crippen molar-refractivity contribution in [2.75, 3.05) is 26.2 Å². The van der Waals surface area contributed by atoms with Gasteiger partial charge in [-0.25, -0.2) is 4.98 Å². The van der Waals surface area contributed by atoms with Crippen LogP contribution in [0, 0.1) is 0 Å². The van der Waals surface area contributed by atoms with E-state index in [1.54, 1.807) is 29.7 Å². The van der Waals surface area contributed by atoms with Crippen LogP contribution in [0.5, 0.6) is 0 Å². The average molecular weight is 351 g/mol. The lowest BCUT2D eigenvalue weighted by Crippen LogP contribution is -2.50. The Bertz CT molecular complexity index is 936. The maximum absolute atomic E-state index is 12.6. The van der Waals surface area contributed by atoms with Crippen LogP contribution < -0.4 is 0 Å². The first-order valence-electron chi connectivity index (χ1n) is 8.71. The second-order valence-corrected chi connectivity index (χ2v) is 6.63. The molecule has 1 aliphatic rings. The molecule has 2 aromatic heterocycles. The Morgan fingerprint density at radius 3 is 2.62 bits per heavy atom. The number of nitrogens with one attached hydrogen (secondary N) is 1. The Kier molecular flexibility index (Phi) is 4.20. The molecule has 26 heavy (non-hydrogen) atoms. The number of hydrogen-bond donors (Lipinski definition) is 1. The topological polar surface area (TPSA) is 74.2 Å². The molecule has 0 bridgehead atoms. The number of aromatic amines is 1. The second kappa shape index (κ2) is 6.67. The summed E-state index contributed by atoms with van der Waals surface area (Å²) < 4.78 is 1.96. The van der Waals surface area contributed by atoms with Crippen molar-refractivity contribution in [3.8, 4) is 0 Å². The molecule has 0 aliphatic carbocycles. The molecule has 3 aromatic rings. The summed E-state index contributed by atoms with van der Waals surface area (Å²) in [5.41, 5.74) is 3.58. The molecule has 0 saturated carbocycles. The molecule has 1 N–H and O–H groups in total. The summed E-state index contributed by atoms with van der Waals surface area (Å²) in [6.07, 6.45) is 5.58. The Balaban J connectivity index is 1.36. The lowest BCUT2D eigenvalue weighted by molar-refractivity contribution is -0.131. The zero-order valence-corrected chi connectivity index (χ0v) is 14.7. The Morgan fingerprint density at radius 2 is 1.88 bits per heavy atom. The molecule has 1 aromatic carbocycles. The van der Waals surface area contributed by atoms with Gasteiger partial charge in [0, 0.05) is 45.6 Å². The van der Waals surface area contributed by atoms with E-state index in [1.807, 2.05) is 34.7 Å². The number of aryl methyl sites for hydroxylation is 1. The standard InChI is InChI=1S/C19H21N5O2/c1-22-13-21-16-10-14(2-3-17(16)22)11-18(25)23-6-8-24(9-7-23)19(26)15-4-5-20-12-15/h2-5,10,12-13,20H,6-9,11H2,1H3. The Labute approximate surface area is 151 Å². The molecule has 1 saturated heterocycles. The van der Waals surface area contributed by atoms with Gasteiger partial charge in [-0.3, -0.25) is 9.59 Å². The van der Waals surface area contributed by atoms with Crippen LogP contribution in [-0.2, 0) is 18.3 Å². The van der Waals surface area contributed by atoms with Gasteiger partial charge in [-0.05, 0) is 23.8 Å². The van der Waals surface area contributed by atoms with Gasteiger partial charge in [-0.15, -0.1) is 0 Å². The normalized spacial score (nSPS) is 14.8. The highest BCUT2D eigenvalue weighted by Gasteiger charge is 2.25. The predicted molar refractivity (Wildman–Crippen MR) is 97.7 cm³/mol. The van der Waals surface area contributed by atoms with Crippen LogP contribution in [0.2, 0.25) is 0 Å². The minimum absolute atomic E-state index is 0.0129. The number of carbonyl (C=O) groups excluding carboxylic acids is 2. The first-order chi connectivity index (χ1) is 12.6. The largest absolute Gasteiger partial charge is 0.367 e. The fourth-order valence-electron chi connectivity index (χ4n) is 3.38. The zero-order valence-electron chi connectivity index (χ0n) is 14.7. The van der Waals surface area contributed by atoms with E-state index in [-0.39, 0.29) is 11.8 Å². The number of fused-ring (bicyclic) bond motifs is 1. The number of amides is 2. The van der Waals surface area contributed by atoms with E-state index in [9.17, 15) is 9.59 Å². The summed E-state index contributed by atoms with van der Waals surface area (Å²) in [4.78, 5) is 35.8. The molecule has 0 radical (unpaired) electrons. The molecule has 1 aliphatic heterocycles. The average Bonchev–Trinajstić information content (AvgIpc) is 3.32. The van der Waals surface area contributed by atoms with Gasteiger partial charge in [0.15, 0.2) is 0 Å². The molecule has 7 heteroatoms. The lowest BCUT2D eigenvalue weighted by atomic mass is 10.1. The number of aromatic nitrogens is 3. The molecule has 0 atom stereocenters. The highest BCUT2D eigenvalue weighted by molar-refractivity contribution is 5.94. The van der Waals surface area contributed by atoms with Gasteiger partial charge < -0.3 is 19.4 Å². The van der Waals surface area contributed by atoms with Gasteiger partial charge in [-0.1, -0.05) is 6.07 Å². The summed E-state index contributed by atoms with van der Waals surface area (Å²) in [5.74, 6) is 0.105. The maximum atomic E-state index is 12.6. The third kappa shape index (κ3) is 3.08. The predicted octanol–water partition coefficient (Wildman–Crippen LogP) is 1.43. The van der Waals surface area contributed by atoms with Crippen LogP contribution in [0.1, 0.15) is 15.9 Å². The van der Waals surface area contributed by atoms with E-state index in [0.29, 0.717) is 38.2 Å². The molecule has 3 heterocycles. The van der Waals surface area contributed by atoms with E-state index < -0.39 is 0 Å². The van der Waals surface area contributed by atoms with Crippen LogP contribution in [0.15, 0.2) is 43.0 Å². The van der Waals surface area contributed by atoms with Crippen LogP contribution in [-0.4, -0.2) is 62.3 Å². The zero-order chi connectivity index (χ0) is 18.1. The second-order valence-electron chi connectivity index (χ2n) is 6.63. The number of H-pyrrole nitrogens is 1. The van der Waals surface area contributed by atoms with E-state index in [2.05, 4.69) is 9.97 Å². The van der Waals surface area contributed by atoms with Crippen LogP contribution in [0.3, 0.4) is 0 Å². The highest BCUT2D eigenvalue weighted by Crippen LogP contribution is 2.16. The third-order valence-electron chi connectivity index (χ3n) is 4.91. The molecule has 7 nitrogen and oxygen atoms in total. The number of nitrogens with zero attached hydrogens (tertiary/aromatic N) is 4. The molecule has 4 rings (SSSR count). The minimum atomic E-state index is 0.0129. The van der Waals surface area contributed by atoms with Crippen molar-refractivity contribution in [1.29, 1.82) is 0 Å². The number of carbonyl (C=O) groups is 2. The van der Waals surface area contributed by atoms with E-state index >= 15 is 0 Å². The van der Waals surface area contributed by atoms with Crippen molar-refractivity contribution in [3.63, 3.8) is 0 Å². The van der Waals surface area contributed by atoms with Crippen molar-refractivity contribution < 1.29 is 9.59 Å². The minimum Gasteiger partial charge on any atom is -0.367 e. The van der Waals surface area contributed by atoms with E-state index in [1.165, 1.54) is 0 Å². The van der Waals surface area contributed by atoms with Gasteiger partial charge in [-0.2, -0.15) is 0 Å². The van der Waals surface area contributed by atoms with Gasteiger partial charge in [0.2, 0.25) is 5.91 Å². The van der Waals surface area contributed by atoms with Gasteiger partial charge >= 0.3 is 0 Å². The summed E-state index contributed by atoms with van der Waals surface area (Å²) in [6.45, 7) is 2.27. The fourth-order valence-corrected chi connectivity index (χ4v) is 3.38.